The fraction of sp³-hybridized carbons (Fsp3) is 0.600. The van der Waals surface area contributed by atoms with Crippen LogP contribution >= 0.6 is 0 Å². The number of nitrogens with one attached hydrogen (secondary N) is 1. The van der Waals surface area contributed by atoms with E-state index in [0.29, 0.717) is 23.0 Å². The van der Waals surface area contributed by atoms with Crippen molar-refractivity contribution < 1.29 is 13.5 Å². The largest absolute Gasteiger partial charge is 0.396 e. The second kappa shape index (κ2) is 8.27. The maximum absolute atomic E-state index is 12.0. The highest BCUT2D eigenvalue weighted by molar-refractivity contribution is 7.91. The number of benzene rings is 1. The maximum Gasteiger partial charge on any atom is 0.180 e. The Hall–Kier alpha value is -1.07. The van der Waals surface area contributed by atoms with Crippen molar-refractivity contribution in [2.75, 3.05) is 24.2 Å². The Morgan fingerprint density at radius 3 is 2.50 bits per heavy atom. The minimum atomic E-state index is -3.21. The molecule has 1 unspecified atom stereocenters. The Labute approximate surface area is 122 Å². The zero-order chi connectivity index (χ0) is 15.0. The summed E-state index contributed by atoms with van der Waals surface area (Å²) < 4.78 is 24.1. The Kier molecular flexibility index (Phi) is 7.02. The minimum Gasteiger partial charge on any atom is -0.396 e. The fourth-order valence-corrected chi connectivity index (χ4v) is 3.31. The lowest BCUT2D eigenvalue weighted by Gasteiger charge is -2.18. The van der Waals surface area contributed by atoms with Crippen LogP contribution in [0.5, 0.6) is 0 Å². The van der Waals surface area contributed by atoms with E-state index in [9.17, 15) is 8.42 Å². The van der Waals surface area contributed by atoms with Gasteiger partial charge in [-0.05, 0) is 30.9 Å². The van der Waals surface area contributed by atoms with Crippen LogP contribution in [-0.2, 0) is 9.84 Å². The van der Waals surface area contributed by atoms with Crippen molar-refractivity contribution in [3.63, 3.8) is 0 Å². The van der Waals surface area contributed by atoms with Crippen molar-refractivity contribution in [1.29, 1.82) is 0 Å². The molecule has 0 fully saturated rings. The Morgan fingerprint density at radius 1 is 1.20 bits per heavy atom. The molecule has 20 heavy (non-hydrogen) atoms. The van der Waals surface area contributed by atoms with Crippen molar-refractivity contribution in [3.05, 3.63) is 24.3 Å². The minimum absolute atomic E-state index is 0.0979. The van der Waals surface area contributed by atoms with Crippen LogP contribution < -0.4 is 5.32 Å². The van der Waals surface area contributed by atoms with Crippen molar-refractivity contribution in [2.24, 2.45) is 5.92 Å². The monoisotopic (exact) mass is 299 g/mol. The highest BCUT2D eigenvalue weighted by Gasteiger charge is 2.16. The van der Waals surface area contributed by atoms with Gasteiger partial charge in [0.2, 0.25) is 0 Å². The van der Waals surface area contributed by atoms with Gasteiger partial charge in [0.05, 0.1) is 16.3 Å². The Bertz CT molecular complexity index is 494. The molecule has 0 radical (unpaired) electrons. The number of hydrogen-bond donors (Lipinski definition) is 2. The molecule has 0 saturated carbocycles. The van der Waals surface area contributed by atoms with Crippen LogP contribution in [0.25, 0.3) is 0 Å². The van der Waals surface area contributed by atoms with Crippen molar-refractivity contribution >= 4 is 15.5 Å². The molecular formula is C15H25NO3S. The molecular weight excluding hydrogens is 274 g/mol. The fourth-order valence-electron chi connectivity index (χ4n) is 2.23. The zero-order valence-electron chi connectivity index (χ0n) is 12.3. The molecule has 4 nitrogen and oxygen atoms in total. The first-order valence-electron chi connectivity index (χ1n) is 7.21. The van der Waals surface area contributed by atoms with Gasteiger partial charge in [-0.25, -0.2) is 8.42 Å². The summed E-state index contributed by atoms with van der Waals surface area (Å²) in [4.78, 5) is 0.363. The van der Waals surface area contributed by atoms with Crippen LogP contribution in [0.1, 0.15) is 33.1 Å². The SMILES string of the molecule is CCCC(CCO)CNc1ccccc1S(=O)(=O)CC. The van der Waals surface area contributed by atoms with Gasteiger partial charge in [0, 0.05) is 13.2 Å². The van der Waals surface area contributed by atoms with Crippen LogP contribution in [0.4, 0.5) is 5.69 Å². The highest BCUT2D eigenvalue weighted by Crippen LogP contribution is 2.23. The van der Waals surface area contributed by atoms with Crippen LogP contribution in [0.15, 0.2) is 29.2 Å². The van der Waals surface area contributed by atoms with Crippen LogP contribution in [-0.4, -0.2) is 32.4 Å². The molecule has 0 saturated heterocycles. The van der Waals surface area contributed by atoms with Gasteiger partial charge < -0.3 is 10.4 Å². The average Bonchev–Trinajstić information content (AvgIpc) is 2.45. The van der Waals surface area contributed by atoms with E-state index in [1.54, 1.807) is 25.1 Å². The lowest BCUT2D eigenvalue weighted by atomic mass is 10.0. The van der Waals surface area contributed by atoms with E-state index >= 15 is 0 Å². The standard InChI is InChI=1S/C15H25NO3S/c1-3-7-13(10-11-17)12-16-14-8-5-6-9-15(14)20(18,19)4-2/h5-6,8-9,13,16-17H,3-4,7,10-12H2,1-2H3. The molecule has 0 heterocycles. The molecule has 0 spiro atoms. The quantitative estimate of drug-likeness (QED) is 0.736. The predicted octanol–water partition coefficient (Wildman–Crippen LogP) is 2.69. The molecule has 114 valence electrons. The molecule has 2 N–H and O–H groups in total. The summed E-state index contributed by atoms with van der Waals surface area (Å²) in [6.07, 6.45) is 2.82. The third-order valence-corrected chi connectivity index (χ3v) is 5.20. The van der Waals surface area contributed by atoms with E-state index in [0.717, 1.165) is 19.3 Å². The average molecular weight is 299 g/mol. The number of para-hydroxylation sites is 1. The van der Waals surface area contributed by atoms with Gasteiger partial charge in [-0.1, -0.05) is 32.4 Å². The van der Waals surface area contributed by atoms with Gasteiger partial charge in [0.1, 0.15) is 0 Å². The normalized spacial score (nSPS) is 13.2. The van der Waals surface area contributed by atoms with Crippen LogP contribution in [0.2, 0.25) is 0 Å². The first-order valence-corrected chi connectivity index (χ1v) is 8.86. The molecule has 0 aliphatic carbocycles. The van der Waals surface area contributed by atoms with E-state index in [-0.39, 0.29) is 12.4 Å². The van der Waals surface area contributed by atoms with Gasteiger partial charge in [-0.15, -0.1) is 0 Å². The molecule has 1 rings (SSSR count). The lowest BCUT2D eigenvalue weighted by Crippen LogP contribution is -2.17. The molecule has 0 aliphatic rings. The van der Waals surface area contributed by atoms with E-state index in [1.165, 1.54) is 0 Å². The summed E-state index contributed by atoms with van der Waals surface area (Å²) in [6.45, 7) is 4.61. The molecule has 5 heteroatoms. The van der Waals surface area contributed by atoms with E-state index in [1.807, 2.05) is 6.07 Å². The van der Waals surface area contributed by atoms with Gasteiger partial charge in [-0.3, -0.25) is 0 Å². The third kappa shape index (κ3) is 4.80. The zero-order valence-corrected chi connectivity index (χ0v) is 13.1. The summed E-state index contributed by atoms with van der Waals surface area (Å²) in [6, 6.07) is 7.01. The van der Waals surface area contributed by atoms with Gasteiger partial charge >= 0.3 is 0 Å². The Morgan fingerprint density at radius 2 is 1.90 bits per heavy atom. The third-order valence-electron chi connectivity index (χ3n) is 3.42. The van der Waals surface area contributed by atoms with Gasteiger partial charge in [0.25, 0.3) is 0 Å². The molecule has 1 aromatic carbocycles. The maximum atomic E-state index is 12.0. The second-order valence-electron chi connectivity index (χ2n) is 4.95. The number of sulfone groups is 1. The summed E-state index contributed by atoms with van der Waals surface area (Å²) in [5.74, 6) is 0.461. The van der Waals surface area contributed by atoms with Crippen LogP contribution in [0.3, 0.4) is 0 Å². The predicted molar refractivity (Wildman–Crippen MR) is 82.8 cm³/mol. The number of aliphatic hydroxyl groups excluding tert-OH is 1. The molecule has 0 bridgehead atoms. The number of aliphatic hydroxyl groups is 1. The van der Waals surface area contributed by atoms with Crippen LogP contribution in [0, 0.1) is 5.92 Å². The smallest absolute Gasteiger partial charge is 0.180 e. The van der Waals surface area contributed by atoms with Crippen molar-refractivity contribution in [1.82, 2.24) is 0 Å². The van der Waals surface area contributed by atoms with E-state index in [4.69, 9.17) is 5.11 Å². The van der Waals surface area contributed by atoms with Crippen molar-refractivity contribution in [2.45, 2.75) is 38.0 Å². The van der Waals surface area contributed by atoms with Gasteiger partial charge in [0.15, 0.2) is 9.84 Å². The highest BCUT2D eigenvalue weighted by atomic mass is 32.2. The molecule has 1 atom stereocenters. The second-order valence-corrected chi connectivity index (χ2v) is 7.19. The Balaban J connectivity index is 2.82. The van der Waals surface area contributed by atoms with E-state index < -0.39 is 9.84 Å². The van der Waals surface area contributed by atoms with Crippen molar-refractivity contribution in [3.8, 4) is 0 Å². The summed E-state index contributed by atoms with van der Waals surface area (Å²) in [7, 11) is -3.21. The molecule has 0 amide bonds. The topological polar surface area (TPSA) is 66.4 Å². The summed E-state index contributed by atoms with van der Waals surface area (Å²) in [5.41, 5.74) is 0.661. The first kappa shape index (κ1) is 17.0. The first-order chi connectivity index (χ1) is 9.55. The lowest BCUT2D eigenvalue weighted by molar-refractivity contribution is 0.255. The molecule has 1 aromatic rings. The molecule has 0 aliphatic heterocycles. The number of hydrogen-bond acceptors (Lipinski definition) is 4. The summed E-state index contributed by atoms with van der Waals surface area (Å²) in [5, 5.41) is 12.3. The summed E-state index contributed by atoms with van der Waals surface area (Å²) >= 11 is 0. The van der Waals surface area contributed by atoms with Gasteiger partial charge in [-0.2, -0.15) is 0 Å². The number of rotatable bonds is 9. The van der Waals surface area contributed by atoms with E-state index in [2.05, 4.69) is 12.2 Å². The molecule has 0 aromatic heterocycles. The number of anilines is 1.